The van der Waals surface area contributed by atoms with Gasteiger partial charge in [0.05, 0.1) is 15.7 Å². The molecule has 1 aliphatic heterocycles. The standard InChI is InChI=1S/C22H17Cl2F2N3O2/c23-17-2-1-3-18(24)22(17)29-12-13(4-7-20(29)30)21(28-31-15-8-9-27-11-15)16-6-5-14(25)10-19(16)26/h1-7,10,12,15,27H,8-9,11H2/t15-/m1/s1. The van der Waals surface area contributed by atoms with Crippen LogP contribution in [0.15, 0.2) is 64.7 Å². The van der Waals surface area contributed by atoms with E-state index >= 15 is 0 Å². The molecule has 0 saturated carbocycles. The fraction of sp³-hybridized carbons (Fsp3) is 0.182. The number of hydrogen-bond donors (Lipinski definition) is 1. The first-order valence-electron chi connectivity index (χ1n) is 9.51. The second kappa shape index (κ2) is 9.18. The number of benzene rings is 2. The van der Waals surface area contributed by atoms with Gasteiger partial charge in [-0.05, 0) is 36.9 Å². The lowest BCUT2D eigenvalue weighted by atomic mass is 10.0. The number of nitrogens with one attached hydrogen (secondary N) is 1. The molecule has 0 unspecified atom stereocenters. The highest BCUT2D eigenvalue weighted by Crippen LogP contribution is 2.28. The Bertz CT molecular complexity index is 1190. The molecule has 5 nitrogen and oxygen atoms in total. The fourth-order valence-electron chi connectivity index (χ4n) is 3.31. The molecule has 0 amide bonds. The van der Waals surface area contributed by atoms with Gasteiger partial charge in [-0.25, -0.2) is 8.78 Å². The molecule has 9 heteroatoms. The average molecular weight is 464 g/mol. The summed E-state index contributed by atoms with van der Waals surface area (Å²) in [7, 11) is 0. The molecule has 2 heterocycles. The minimum Gasteiger partial charge on any atom is -0.391 e. The molecule has 4 rings (SSSR count). The van der Waals surface area contributed by atoms with Crippen molar-refractivity contribution >= 4 is 28.9 Å². The van der Waals surface area contributed by atoms with Gasteiger partial charge in [0.25, 0.3) is 5.56 Å². The van der Waals surface area contributed by atoms with Crippen molar-refractivity contribution in [3.05, 3.63) is 97.9 Å². The summed E-state index contributed by atoms with van der Waals surface area (Å²) in [6.07, 6.45) is 2.02. The Kier molecular flexibility index (Phi) is 6.36. The van der Waals surface area contributed by atoms with Gasteiger partial charge in [-0.1, -0.05) is 34.4 Å². The van der Waals surface area contributed by atoms with Crippen LogP contribution in [0.5, 0.6) is 0 Å². The van der Waals surface area contributed by atoms with Crippen molar-refractivity contribution in [3.63, 3.8) is 0 Å². The summed E-state index contributed by atoms with van der Waals surface area (Å²) < 4.78 is 29.4. The van der Waals surface area contributed by atoms with E-state index in [1.165, 1.54) is 29.0 Å². The van der Waals surface area contributed by atoms with Crippen molar-refractivity contribution in [2.24, 2.45) is 5.16 Å². The van der Waals surface area contributed by atoms with Crippen LogP contribution in [0.3, 0.4) is 0 Å². The van der Waals surface area contributed by atoms with E-state index in [1.54, 1.807) is 18.2 Å². The smallest absolute Gasteiger partial charge is 0.255 e. The number of para-hydroxylation sites is 1. The van der Waals surface area contributed by atoms with E-state index in [-0.39, 0.29) is 33.1 Å². The minimum absolute atomic E-state index is 0.0304. The molecule has 0 bridgehead atoms. The number of halogens is 4. The third-order valence-corrected chi connectivity index (χ3v) is 5.47. The van der Waals surface area contributed by atoms with Crippen molar-refractivity contribution in [2.45, 2.75) is 12.5 Å². The van der Waals surface area contributed by atoms with E-state index in [0.29, 0.717) is 12.1 Å². The van der Waals surface area contributed by atoms with Crippen LogP contribution in [0.2, 0.25) is 10.0 Å². The van der Waals surface area contributed by atoms with Gasteiger partial charge in [0.2, 0.25) is 0 Å². The summed E-state index contributed by atoms with van der Waals surface area (Å²) in [4.78, 5) is 18.2. The average Bonchev–Trinajstić information content (AvgIpc) is 3.25. The molecule has 1 saturated heterocycles. The van der Waals surface area contributed by atoms with Crippen LogP contribution in [-0.4, -0.2) is 29.5 Å². The van der Waals surface area contributed by atoms with E-state index in [9.17, 15) is 13.6 Å². The van der Waals surface area contributed by atoms with Crippen LogP contribution in [0.4, 0.5) is 8.78 Å². The molecule has 1 N–H and O–H groups in total. The zero-order valence-corrected chi connectivity index (χ0v) is 17.6. The quantitative estimate of drug-likeness (QED) is 0.445. The zero-order valence-electron chi connectivity index (χ0n) is 16.1. The molecule has 160 valence electrons. The Morgan fingerprint density at radius 1 is 1.13 bits per heavy atom. The molecule has 31 heavy (non-hydrogen) atoms. The van der Waals surface area contributed by atoms with E-state index in [0.717, 1.165) is 25.1 Å². The second-order valence-electron chi connectivity index (χ2n) is 6.98. The van der Waals surface area contributed by atoms with Crippen LogP contribution in [0.25, 0.3) is 5.69 Å². The molecule has 1 aromatic heterocycles. The molecule has 2 aromatic carbocycles. The highest BCUT2D eigenvalue weighted by Gasteiger charge is 2.20. The maximum Gasteiger partial charge on any atom is 0.255 e. The Morgan fingerprint density at radius 2 is 1.90 bits per heavy atom. The van der Waals surface area contributed by atoms with E-state index in [1.807, 2.05) is 0 Å². The topological polar surface area (TPSA) is 55.6 Å². The number of hydrogen-bond acceptors (Lipinski definition) is 4. The fourth-order valence-corrected chi connectivity index (χ4v) is 3.88. The van der Waals surface area contributed by atoms with E-state index in [2.05, 4.69) is 10.5 Å². The molecule has 3 aromatic rings. The van der Waals surface area contributed by atoms with Gasteiger partial charge in [-0.2, -0.15) is 0 Å². The first-order valence-corrected chi connectivity index (χ1v) is 10.3. The monoisotopic (exact) mass is 463 g/mol. The molecule has 0 radical (unpaired) electrons. The summed E-state index contributed by atoms with van der Waals surface area (Å²) in [6, 6.07) is 10.8. The summed E-state index contributed by atoms with van der Waals surface area (Å²) >= 11 is 12.5. The molecule has 0 spiro atoms. The number of aromatic nitrogens is 1. The predicted octanol–water partition coefficient (Wildman–Crippen LogP) is 4.55. The Morgan fingerprint density at radius 3 is 2.58 bits per heavy atom. The van der Waals surface area contributed by atoms with Gasteiger partial charge < -0.3 is 10.2 Å². The number of rotatable bonds is 5. The third kappa shape index (κ3) is 4.63. The molecule has 1 atom stereocenters. The van der Waals surface area contributed by atoms with Gasteiger partial charge in [0.1, 0.15) is 23.5 Å². The molecule has 1 aliphatic rings. The predicted molar refractivity (Wildman–Crippen MR) is 116 cm³/mol. The maximum absolute atomic E-state index is 14.6. The lowest BCUT2D eigenvalue weighted by Gasteiger charge is -2.14. The van der Waals surface area contributed by atoms with Crippen LogP contribution in [-0.2, 0) is 4.84 Å². The van der Waals surface area contributed by atoms with Crippen LogP contribution < -0.4 is 10.9 Å². The number of oxime groups is 1. The highest BCUT2D eigenvalue weighted by molar-refractivity contribution is 6.37. The second-order valence-corrected chi connectivity index (χ2v) is 7.79. The van der Waals surface area contributed by atoms with Gasteiger partial charge >= 0.3 is 0 Å². The number of pyridine rings is 1. The summed E-state index contributed by atoms with van der Waals surface area (Å²) in [5.74, 6) is -1.52. The summed E-state index contributed by atoms with van der Waals surface area (Å²) in [6.45, 7) is 1.40. The molecular formula is C22H17Cl2F2N3O2. The highest BCUT2D eigenvalue weighted by atomic mass is 35.5. The maximum atomic E-state index is 14.6. The van der Waals surface area contributed by atoms with Crippen molar-refractivity contribution in [2.75, 3.05) is 13.1 Å². The molecule has 0 aliphatic carbocycles. The lowest BCUT2D eigenvalue weighted by Crippen LogP contribution is -2.21. The summed E-state index contributed by atoms with van der Waals surface area (Å²) in [5.41, 5.74) is 0.410. The largest absolute Gasteiger partial charge is 0.391 e. The number of nitrogens with zero attached hydrogens (tertiary/aromatic N) is 2. The first kappa shape index (κ1) is 21.5. The van der Waals surface area contributed by atoms with E-state index < -0.39 is 17.2 Å². The Labute approximate surface area is 186 Å². The summed E-state index contributed by atoms with van der Waals surface area (Å²) in [5, 5.41) is 7.87. The lowest BCUT2D eigenvalue weighted by molar-refractivity contribution is 0.0738. The van der Waals surface area contributed by atoms with Crippen molar-refractivity contribution in [1.82, 2.24) is 9.88 Å². The molecular weight excluding hydrogens is 447 g/mol. The van der Waals surface area contributed by atoms with Gasteiger partial charge in [-0.3, -0.25) is 9.36 Å². The minimum atomic E-state index is -0.805. The van der Waals surface area contributed by atoms with Gasteiger partial charge in [-0.15, -0.1) is 0 Å². The van der Waals surface area contributed by atoms with Crippen LogP contribution in [0.1, 0.15) is 17.5 Å². The van der Waals surface area contributed by atoms with Crippen LogP contribution in [0, 0.1) is 11.6 Å². The van der Waals surface area contributed by atoms with E-state index in [4.69, 9.17) is 28.0 Å². The Hall–Kier alpha value is -2.74. The van der Waals surface area contributed by atoms with Gasteiger partial charge in [0.15, 0.2) is 0 Å². The third-order valence-electron chi connectivity index (χ3n) is 4.86. The first-order chi connectivity index (χ1) is 14.9. The zero-order chi connectivity index (χ0) is 22.0. The SMILES string of the molecule is O=c1ccc(C(=NO[C@@H]2CCNC2)c2ccc(F)cc2F)cn1-c1c(Cl)cccc1Cl. The Balaban J connectivity index is 1.85. The van der Waals surface area contributed by atoms with Crippen molar-refractivity contribution < 1.29 is 13.6 Å². The van der Waals surface area contributed by atoms with Crippen LogP contribution >= 0.6 is 23.2 Å². The van der Waals surface area contributed by atoms with Gasteiger partial charge in [0, 0.05) is 42.4 Å². The normalized spacial score (nSPS) is 16.5. The molecule has 1 fully saturated rings. The van der Waals surface area contributed by atoms with Crippen molar-refractivity contribution in [1.29, 1.82) is 0 Å². The van der Waals surface area contributed by atoms with Crippen molar-refractivity contribution in [3.8, 4) is 5.69 Å².